The topological polar surface area (TPSA) is 77.0 Å². The van der Waals surface area contributed by atoms with Crippen molar-refractivity contribution in [2.75, 3.05) is 0 Å². The van der Waals surface area contributed by atoms with Gasteiger partial charge in [-0.3, -0.25) is 0 Å². The van der Waals surface area contributed by atoms with Crippen molar-refractivity contribution in [2.24, 2.45) is 5.73 Å². The molecule has 1 aliphatic carbocycles. The van der Waals surface area contributed by atoms with Crippen LogP contribution in [0.1, 0.15) is 49.4 Å². The van der Waals surface area contributed by atoms with E-state index < -0.39 is 0 Å². The zero-order valence-corrected chi connectivity index (χ0v) is 13.3. The molecular formula is C16H21ClN4O. The van der Waals surface area contributed by atoms with Crippen LogP contribution in [0.3, 0.4) is 0 Å². The maximum Gasteiger partial charge on any atom is 0.240 e. The molecule has 3 N–H and O–H groups in total. The average Bonchev–Trinajstić information content (AvgIpc) is 3.03. The molecule has 1 aromatic carbocycles. The first-order valence-electron chi connectivity index (χ1n) is 7.74. The fourth-order valence-corrected chi connectivity index (χ4v) is 3.31. The number of benzene rings is 1. The van der Waals surface area contributed by atoms with Crippen LogP contribution in [0.2, 0.25) is 5.02 Å². The number of halogens is 1. The monoisotopic (exact) mass is 320 g/mol. The zero-order chi connectivity index (χ0) is 15.4. The Morgan fingerprint density at radius 2 is 1.91 bits per heavy atom. The number of nitrogens with two attached hydrogens (primary N) is 1. The maximum absolute atomic E-state index is 6.02. The molecule has 1 fully saturated rings. The Kier molecular flexibility index (Phi) is 4.76. The first kappa shape index (κ1) is 15.5. The predicted molar refractivity (Wildman–Crippen MR) is 85.2 cm³/mol. The second-order valence-corrected chi connectivity index (χ2v) is 6.25. The van der Waals surface area contributed by atoms with Crippen molar-refractivity contribution >= 4 is 11.6 Å². The van der Waals surface area contributed by atoms with Crippen LogP contribution in [0.15, 0.2) is 28.8 Å². The van der Waals surface area contributed by atoms with Crippen molar-refractivity contribution in [3.05, 3.63) is 46.6 Å². The van der Waals surface area contributed by atoms with Gasteiger partial charge in [-0.05, 0) is 30.5 Å². The summed E-state index contributed by atoms with van der Waals surface area (Å²) in [5.74, 6) is 1.13. The molecule has 0 spiro atoms. The first-order chi connectivity index (χ1) is 10.7. The van der Waals surface area contributed by atoms with Gasteiger partial charge in [0, 0.05) is 10.6 Å². The Morgan fingerprint density at radius 3 is 2.55 bits per heavy atom. The molecule has 0 amide bonds. The number of rotatable bonds is 5. The zero-order valence-electron chi connectivity index (χ0n) is 12.5. The predicted octanol–water partition coefficient (Wildman–Crippen LogP) is 3.13. The van der Waals surface area contributed by atoms with Gasteiger partial charge in [0.1, 0.15) is 0 Å². The van der Waals surface area contributed by atoms with E-state index in [0.29, 0.717) is 18.3 Å². The molecule has 3 rings (SSSR count). The highest BCUT2D eigenvalue weighted by atomic mass is 35.5. The number of nitrogens with one attached hydrogen (secondary N) is 1. The lowest BCUT2D eigenvalue weighted by atomic mass is 9.76. The van der Waals surface area contributed by atoms with Gasteiger partial charge >= 0.3 is 0 Å². The summed E-state index contributed by atoms with van der Waals surface area (Å²) in [6.07, 6.45) is 5.94. The van der Waals surface area contributed by atoms with E-state index in [1.165, 1.54) is 24.8 Å². The molecule has 2 aromatic rings. The van der Waals surface area contributed by atoms with E-state index in [2.05, 4.69) is 27.6 Å². The molecule has 0 atom stereocenters. The number of hydrogen-bond acceptors (Lipinski definition) is 5. The van der Waals surface area contributed by atoms with Crippen molar-refractivity contribution in [2.45, 2.75) is 50.7 Å². The molecule has 0 aliphatic heterocycles. The number of aromatic nitrogens is 2. The van der Waals surface area contributed by atoms with Crippen molar-refractivity contribution in [3.63, 3.8) is 0 Å². The molecular weight excluding hydrogens is 300 g/mol. The summed E-state index contributed by atoms with van der Waals surface area (Å²) in [7, 11) is 0. The highest BCUT2D eigenvalue weighted by Gasteiger charge is 2.33. The minimum atomic E-state index is -0.0354. The van der Waals surface area contributed by atoms with Gasteiger partial charge in [0.05, 0.1) is 13.1 Å². The Labute approximate surface area is 135 Å². The SMILES string of the molecule is NCc1nc(CNC2(c3ccc(Cl)cc3)CCCCC2)no1. The Hall–Kier alpha value is -1.43. The van der Waals surface area contributed by atoms with Crippen molar-refractivity contribution < 1.29 is 4.52 Å². The van der Waals surface area contributed by atoms with Crippen molar-refractivity contribution in [1.29, 1.82) is 0 Å². The second kappa shape index (κ2) is 6.77. The van der Waals surface area contributed by atoms with Crippen LogP contribution in [-0.4, -0.2) is 10.1 Å². The van der Waals surface area contributed by atoms with Gasteiger partial charge in [0.15, 0.2) is 5.82 Å². The molecule has 6 heteroatoms. The smallest absolute Gasteiger partial charge is 0.240 e. The minimum absolute atomic E-state index is 0.0354. The van der Waals surface area contributed by atoms with Crippen LogP contribution >= 0.6 is 11.6 Å². The highest BCUT2D eigenvalue weighted by molar-refractivity contribution is 6.30. The fourth-order valence-electron chi connectivity index (χ4n) is 3.18. The van der Waals surface area contributed by atoms with Crippen LogP contribution in [0.5, 0.6) is 0 Å². The molecule has 0 bridgehead atoms. The average molecular weight is 321 g/mol. The lowest BCUT2D eigenvalue weighted by Gasteiger charge is -2.38. The number of nitrogens with zero attached hydrogens (tertiary/aromatic N) is 2. The van der Waals surface area contributed by atoms with Crippen LogP contribution in [0, 0.1) is 0 Å². The van der Waals surface area contributed by atoms with E-state index in [0.717, 1.165) is 17.9 Å². The molecule has 1 aliphatic rings. The number of hydrogen-bond donors (Lipinski definition) is 2. The van der Waals surface area contributed by atoms with Gasteiger partial charge < -0.3 is 15.6 Å². The van der Waals surface area contributed by atoms with Gasteiger partial charge in [-0.25, -0.2) is 0 Å². The molecule has 1 heterocycles. The Balaban J connectivity index is 1.78. The first-order valence-corrected chi connectivity index (χ1v) is 8.12. The molecule has 5 nitrogen and oxygen atoms in total. The maximum atomic E-state index is 6.02. The van der Waals surface area contributed by atoms with E-state index in [1.807, 2.05) is 12.1 Å². The molecule has 1 aromatic heterocycles. The minimum Gasteiger partial charge on any atom is -0.338 e. The van der Waals surface area contributed by atoms with E-state index in [1.54, 1.807) is 0 Å². The Bertz CT molecular complexity index is 605. The van der Waals surface area contributed by atoms with E-state index in [4.69, 9.17) is 21.9 Å². The largest absolute Gasteiger partial charge is 0.338 e. The standard InChI is InChI=1S/C16H21ClN4O/c17-13-6-4-12(5-7-13)16(8-2-1-3-9-16)19-11-14-20-15(10-18)22-21-14/h4-7,19H,1-3,8-11,18H2. The fraction of sp³-hybridized carbons (Fsp3) is 0.500. The third-order valence-electron chi connectivity index (χ3n) is 4.37. The van der Waals surface area contributed by atoms with Crippen molar-refractivity contribution in [3.8, 4) is 0 Å². The van der Waals surface area contributed by atoms with Crippen LogP contribution in [-0.2, 0) is 18.6 Å². The van der Waals surface area contributed by atoms with Gasteiger partial charge in [-0.1, -0.05) is 48.2 Å². The summed E-state index contributed by atoms with van der Waals surface area (Å²) in [6, 6.07) is 8.13. The highest BCUT2D eigenvalue weighted by Crippen LogP contribution is 2.37. The van der Waals surface area contributed by atoms with Crippen LogP contribution < -0.4 is 11.1 Å². The molecule has 118 valence electrons. The summed E-state index contributed by atoms with van der Waals surface area (Å²) in [5.41, 5.74) is 6.75. The van der Waals surface area contributed by atoms with Crippen molar-refractivity contribution in [1.82, 2.24) is 15.5 Å². The molecule has 22 heavy (non-hydrogen) atoms. The van der Waals surface area contributed by atoms with Gasteiger partial charge in [0.25, 0.3) is 0 Å². The quantitative estimate of drug-likeness (QED) is 0.885. The third kappa shape index (κ3) is 3.32. The lowest BCUT2D eigenvalue weighted by Crippen LogP contribution is -2.43. The second-order valence-electron chi connectivity index (χ2n) is 5.81. The van der Waals surface area contributed by atoms with Crippen LogP contribution in [0.25, 0.3) is 0 Å². The normalized spacial score (nSPS) is 17.5. The molecule has 0 saturated heterocycles. The van der Waals surface area contributed by atoms with Crippen LogP contribution in [0.4, 0.5) is 0 Å². The molecule has 1 saturated carbocycles. The van der Waals surface area contributed by atoms with E-state index in [-0.39, 0.29) is 12.1 Å². The van der Waals surface area contributed by atoms with Gasteiger partial charge in [-0.15, -0.1) is 0 Å². The summed E-state index contributed by atoms with van der Waals surface area (Å²) in [6.45, 7) is 0.849. The molecule has 0 radical (unpaired) electrons. The Morgan fingerprint density at radius 1 is 1.18 bits per heavy atom. The summed E-state index contributed by atoms with van der Waals surface area (Å²) in [4.78, 5) is 4.27. The van der Waals surface area contributed by atoms with E-state index >= 15 is 0 Å². The molecule has 0 unspecified atom stereocenters. The summed E-state index contributed by atoms with van der Waals surface area (Å²) < 4.78 is 5.06. The van der Waals surface area contributed by atoms with Gasteiger partial charge in [-0.2, -0.15) is 4.98 Å². The lowest BCUT2D eigenvalue weighted by molar-refractivity contribution is 0.228. The van der Waals surface area contributed by atoms with Gasteiger partial charge in [0.2, 0.25) is 5.89 Å². The summed E-state index contributed by atoms with van der Waals surface area (Å²) >= 11 is 6.02. The summed E-state index contributed by atoms with van der Waals surface area (Å²) in [5, 5.41) is 8.38. The van der Waals surface area contributed by atoms with E-state index in [9.17, 15) is 0 Å². The third-order valence-corrected chi connectivity index (χ3v) is 4.63.